The van der Waals surface area contributed by atoms with Gasteiger partial charge in [-0.2, -0.15) is 0 Å². The molecule has 0 spiro atoms. The molecule has 0 atom stereocenters. The van der Waals surface area contributed by atoms with Crippen LogP contribution in [-0.2, 0) is 16.4 Å². The van der Waals surface area contributed by atoms with Crippen LogP contribution in [0.3, 0.4) is 0 Å². The van der Waals surface area contributed by atoms with Gasteiger partial charge in [-0.25, -0.2) is 8.42 Å². The lowest BCUT2D eigenvalue weighted by Crippen LogP contribution is -2.05. The van der Waals surface area contributed by atoms with Gasteiger partial charge in [-0.05, 0) is 31.2 Å². The first-order valence-electron chi connectivity index (χ1n) is 6.26. The Morgan fingerprint density at radius 3 is 2.65 bits per heavy atom. The summed E-state index contributed by atoms with van der Waals surface area (Å²) >= 11 is 0. The summed E-state index contributed by atoms with van der Waals surface area (Å²) in [6, 6.07) is 6.06. The number of aryl methyl sites for hydroxylation is 1. The predicted molar refractivity (Wildman–Crippen MR) is 76.6 cm³/mol. The Bertz CT molecular complexity index is 704. The maximum Gasteiger partial charge on any atom is 0.178 e. The number of benzene rings is 1. The molecule has 2 rings (SSSR count). The van der Waals surface area contributed by atoms with Gasteiger partial charge in [-0.3, -0.25) is 0 Å². The highest BCUT2D eigenvalue weighted by Gasteiger charge is 2.14. The van der Waals surface area contributed by atoms with E-state index < -0.39 is 9.84 Å². The monoisotopic (exact) mass is 295 g/mol. The summed E-state index contributed by atoms with van der Waals surface area (Å²) in [5.74, 6) is 0.827. The molecule has 0 aliphatic rings. The Hall–Kier alpha value is -1.95. The fourth-order valence-electron chi connectivity index (χ4n) is 1.80. The van der Waals surface area contributed by atoms with Crippen molar-refractivity contribution < 1.29 is 17.9 Å². The Morgan fingerprint density at radius 1 is 1.30 bits per heavy atom. The molecule has 0 fully saturated rings. The lowest BCUT2D eigenvalue weighted by atomic mass is 10.2. The Kier molecular flexibility index (Phi) is 4.04. The van der Waals surface area contributed by atoms with Crippen LogP contribution in [0.2, 0.25) is 0 Å². The molecule has 0 aliphatic carbocycles. The summed E-state index contributed by atoms with van der Waals surface area (Å²) in [7, 11) is -3.29. The number of nitrogens with one attached hydrogen (secondary N) is 1. The van der Waals surface area contributed by atoms with Gasteiger partial charge in [-0.1, -0.05) is 6.92 Å². The smallest absolute Gasteiger partial charge is 0.178 e. The molecular formula is C14H17NO4S. The van der Waals surface area contributed by atoms with Crippen molar-refractivity contribution in [2.45, 2.75) is 25.3 Å². The molecule has 1 aromatic carbocycles. The molecule has 1 heterocycles. The average molecular weight is 295 g/mol. The number of phenols is 1. The van der Waals surface area contributed by atoms with E-state index >= 15 is 0 Å². The minimum absolute atomic E-state index is 0.0150. The lowest BCUT2D eigenvalue weighted by Gasteiger charge is -2.10. The zero-order valence-corrected chi connectivity index (χ0v) is 12.2. The SMILES string of the molecule is CCS(=O)(=O)c1ccc(O)c(NCc2ccoc2C)c1. The summed E-state index contributed by atoms with van der Waals surface area (Å²) in [4.78, 5) is 0.198. The van der Waals surface area contributed by atoms with Gasteiger partial charge in [0.1, 0.15) is 11.5 Å². The van der Waals surface area contributed by atoms with Crippen LogP contribution < -0.4 is 5.32 Å². The van der Waals surface area contributed by atoms with Crippen LogP contribution in [-0.4, -0.2) is 19.3 Å². The molecule has 108 valence electrons. The number of aromatic hydroxyl groups is 1. The second-order valence-corrected chi connectivity index (χ2v) is 6.72. The van der Waals surface area contributed by atoms with Crippen molar-refractivity contribution in [3.8, 4) is 5.75 Å². The van der Waals surface area contributed by atoms with E-state index in [-0.39, 0.29) is 16.4 Å². The van der Waals surface area contributed by atoms with Gasteiger partial charge in [0.2, 0.25) is 0 Å². The van der Waals surface area contributed by atoms with Crippen molar-refractivity contribution in [2.24, 2.45) is 0 Å². The van der Waals surface area contributed by atoms with Gasteiger partial charge in [0.05, 0.1) is 22.6 Å². The Labute approximate surface area is 118 Å². The maximum absolute atomic E-state index is 11.8. The highest BCUT2D eigenvalue weighted by atomic mass is 32.2. The highest BCUT2D eigenvalue weighted by Crippen LogP contribution is 2.27. The Balaban J connectivity index is 2.24. The third kappa shape index (κ3) is 2.96. The van der Waals surface area contributed by atoms with Gasteiger partial charge in [0, 0.05) is 12.1 Å². The molecule has 2 N–H and O–H groups in total. The third-order valence-corrected chi connectivity index (χ3v) is 4.87. The minimum atomic E-state index is -3.29. The molecule has 20 heavy (non-hydrogen) atoms. The molecule has 0 bridgehead atoms. The number of hydrogen-bond acceptors (Lipinski definition) is 5. The van der Waals surface area contributed by atoms with Crippen LogP contribution in [0.25, 0.3) is 0 Å². The lowest BCUT2D eigenvalue weighted by molar-refractivity contribution is 0.476. The molecule has 2 aromatic rings. The van der Waals surface area contributed by atoms with E-state index in [1.54, 1.807) is 13.2 Å². The number of sulfone groups is 1. The molecule has 1 aromatic heterocycles. The first kappa shape index (κ1) is 14.5. The largest absolute Gasteiger partial charge is 0.506 e. The van der Waals surface area contributed by atoms with Crippen molar-refractivity contribution >= 4 is 15.5 Å². The zero-order chi connectivity index (χ0) is 14.8. The van der Waals surface area contributed by atoms with Crippen LogP contribution >= 0.6 is 0 Å². The van der Waals surface area contributed by atoms with Gasteiger partial charge >= 0.3 is 0 Å². The first-order valence-corrected chi connectivity index (χ1v) is 7.92. The van der Waals surface area contributed by atoms with Gasteiger partial charge in [0.25, 0.3) is 0 Å². The van der Waals surface area contributed by atoms with Gasteiger partial charge < -0.3 is 14.8 Å². The minimum Gasteiger partial charge on any atom is -0.506 e. The summed E-state index contributed by atoms with van der Waals surface area (Å²) < 4.78 is 28.8. The summed E-state index contributed by atoms with van der Waals surface area (Å²) in [5, 5.41) is 12.8. The molecule has 5 nitrogen and oxygen atoms in total. The van der Waals surface area contributed by atoms with E-state index in [1.807, 2.05) is 13.0 Å². The van der Waals surface area contributed by atoms with Crippen molar-refractivity contribution in [3.05, 3.63) is 41.9 Å². The third-order valence-electron chi connectivity index (χ3n) is 3.14. The number of phenolic OH excluding ortho intramolecular Hbond substituents is 1. The molecule has 0 saturated carbocycles. The average Bonchev–Trinajstić information content (AvgIpc) is 2.83. The van der Waals surface area contributed by atoms with Gasteiger partial charge in [0.15, 0.2) is 9.84 Å². The van der Waals surface area contributed by atoms with Crippen LogP contribution in [0.1, 0.15) is 18.2 Å². The second-order valence-electron chi connectivity index (χ2n) is 4.44. The fourth-order valence-corrected chi connectivity index (χ4v) is 2.71. The molecule has 0 radical (unpaired) electrons. The van der Waals surface area contributed by atoms with E-state index in [2.05, 4.69) is 5.32 Å². The van der Waals surface area contributed by atoms with E-state index in [0.29, 0.717) is 12.2 Å². The van der Waals surface area contributed by atoms with Crippen molar-refractivity contribution in [2.75, 3.05) is 11.1 Å². The van der Waals surface area contributed by atoms with Crippen molar-refractivity contribution in [1.29, 1.82) is 0 Å². The Morgan fingerprint density at radius 2 is 2.05 bits per heavy atom. The molecular weight excluding hydrogens is 278 g/mol. The van der Waals surface area contributed by atoms with E-state index in [0.717, 1.165) is 11.3 Å². The summed E-state index contributed by atoms with van der Waals surface area (Å²) in [5.41, 5.74) is 1.34. The van der Waals surface area contributed by atoms with Crippen LogP contribution in [0.15, 0.2) is 39.8 Å². The number of anilines is 1. The molecule has 0 aliphatic heterocycles. The molecule has 6 heteroatoms. The topological polar surface area (TPSA) is 79.5 Å². The van der Waals surface area contributed by atoms with Crippen LogP contribution in [0.5, 0.6) is 5.75 Å². The van der Waals surface area contributed by atoms with Crippen LogP contribution in [0.4, 0.5) is 5.69 Å². The standard InChI is InChI=1S/C14H17NO4S/c1-3-20(17,18)12-4-5-14(16)13(8-12)15-9-11-6-7-19-10(11)2/h4-8,15-16H,3,9H2,1-2H3. The number of hydrogen-bond donors (Lipinski definition) is 2. The van der Waals surface area contributed by atoms with Crippen molar-refractivity contribution in [1.82, 2.24) is 0 Å². The summed E-state index contributed by atoms with van der Waals surface area (Å²) in [6.07, 6.45) is 1.59. The molecule has 0 unspecified atom stereocenters. The number of rotatable bonds is 5. The predicted octanol–water partition coefficient (Wildman–Crippen LogP) is 2.70. The molecule has 0 amide bonds. The van der Waals surface area contributed by atoms with E-state index in [4.69, 9.17) is 4.42 Å². The maximum atomic E-state index is 11.8. The highest BCUT2D eigenvalue weighted by molar-refractivity contribution is 7.91. The first-order chi connectivity index (χ1) is 9.44. The normalized spacial score (nSPS) is 11.5. The van der Waals surface area contributed by atoms with Gasteiger partial charge in [-0.15, -0.1) is 0 Å². The summed E-state index contributed by atoms with van der Waals surface area (Å²) in [6.45, 7) is 3.88. The second kappa shape index (κ2) is 5.58. The number of furan rings is 1. The quantitative estimate of drug-likeness (QED) is 0.829. The van der Waals surface area contributed by atoms with Crippen LogP contribution in [0, 0.1) is 6.92 Å². The zero-order valence-electron chi connectivity index (χ0n) is 11.4. The van der Waals surface area contributed by atoms with Crippen molar-refractivity contribution in [3.63, 3.8) is 0 Å². The van der Waals surface area contributed by atoms with E-state index in [9.17, 15) is 13.5 Å². The fraction of sp³-hybridized carbons (Fsp3) is 0.286. The van der Waals surface area contributed by atoms with E-state index in [1.165, 1.54) is 18.2 Å². The molecule has 0 saturated heterocycles.